The number of ether oxygens (including phenoxy) is 2. The van der Waals surface area contributed by atoms with Gasteiger partial charge in [-0.15, -0.1) is 0 Å². The zero-order chi connectivity index (χ0) is 38.5. The van der Waals surface area contributed by atoms with Crippen molar-refractivity contribution in [3.8, 4) is 22.3 Å². The lowest BCUT2D eigenvalue weighted by Crippen LogP contribution is -2.32. The second-order valence-corrected chi connectivity index (χ2v) is 13.1. The number of aryl methyl sites for hydroxylation is 2. The van der Waals surface area contributed by atoms with Gasteiger partial charge in [-0.3, -0.25) is 4.90 Å². The first kappa shape index (κ1) is 38.9. The zero-order valence-corrected chi connectivity index (χ0v) is 29.9. The number of halogens is 10. The maximum Gasteiger partial charge on any atom is 0.416 e. The molecule has 0 spiro atoms. The van der Waals surface area contributed by atoms with Crippen molar-refractivity contribution in [3.63, 3.8) is 0 Å². The number of hydrogen-bond acceptors (Lipinski definition) is 4. The molecule has 4 aromatic carbocycles. The molecule has 0 unspecified atom stereocenters. The number of carbonyl (C=O) groups is 2. The summed E-state index contributed by atoms with van der Waals surface area (Å²) in [7, 11) is 1.25. The summed E-state index contributed by atoms with van der Waals surface area (Å²) < 4.78 is 135. The third kappa shape index (κ3) is 7.88. The van der Waals surface area contributed by atoms with Crippen LogP contribution < -0.4 is 0 Å². The Labute approximate surface area is 305 Å². The topological polar surface area (TPSA) is 55.8 Å². The summed E-state index contributed by atoms with van der Waals surface area (Å²) >= 11 is 2.10. The van der Waals surface area contributed by atoms with E-state index in [1.807, 2.05) is 6.07 Å². The Morgan fingerprint density at radius 3 is 1.90 bits per heavy atom. The van der Waals surface area contributed by atoms with E-state index < -0.39 is 71.5 Å². The second kappa shape index (κ2) is 14.3. The first-order valence-corrected chi connectivity index (χ1v) is 17.0. The van der Waals surface area contributed by atoms with Crippen LogP contribution in [0.2, 0.25) is 0 Å². The fourth-order valence-electron chi connectivity index (χ4n) is 6.35. The third-order valence-electron chi connectivity index (χ3n) is 8.90. The molecule has 0 bridgehead atoms. The molecule has 1 aliphatic rings. The molecule has 1 aliphatic heterocycles. The molecule has 5 nitrogen and oxygen atoms in total. The average molecular weight is 850 g/mol. The van der Waals surface area contributed by atoms with Crippen LogP contribution in [0.4, 0.5) is 44.3 Å². The van der Waals surface area contributed by atoms with E-state index in [1.54, 1.807) is 37.3 Å². The van der Waals surface area contributed by atoms with Gasteiger partial charge in [0.15, 0.2) is 0 Å². The minimum Gasteiger partial charge on any atom is -0.465 e. The van der Waals surface area contributed by atoms with E-state index in [9.17, 15) is 49.1 Å². The molecule has 1 amide bonds. The number of esters is 1. The summed E-state index contributed by atoms with van der Waals surface area (Å²) in [5.41, 5.74) is -0.519. The molecule has 15 heteroatoms. The number of nitrogens with zero attached hydrogens (tertiary/aromatic N) is 1. The van der Waals surface area contributed by atoms with Crippen LogP contribution in [0.15, 0.2) is 66.7 Å². The molecule has 4 aromatic rings. The average Bonchev–Trinajstić information content (AvgIpc) is 3.34. The summed E-state index contributed by atoms with van der Waals surface area (Å²) in [6, 6.07) is 11.9. The van der Waals surface area contributed by atoms with Gasteiger partial charge in [0.25, 0.3) is 0 Å². The van der Waals surface area contributed by atoms with E-state index >= 15 is 0 Å². The minimum atomic E-state index is -5.15. The van der Waals surface area contributed by atoms with Gasteiger partial charge in [-0.05, 0) is 119 Å². The normalized spacial score (nSPS) is 16.7. The molecule has 5 rings (SSSR count). The molecule has 1 saturated heterocycles. The molecule has 2 atom stereocenters. The highest BCUT2D eigenvalue weighted by atomic mass is 127. The van der Waals surface area contributed by atoms with Gasteiger partial charge in [0.2, 0.25) is 0 Å². The number of benzene rings is 4. The lowest BCUT2D eigenvalue weighted by molar-refractivity contribution is -0.143. The quantitative estimate of drug-likeness (QED) is 0.0805. The van der Waals surface area contributed by atoms with Gasteiger partial charge in [0.1, 0.15) is 6.10 Å². The van der Waals surface area contributed by atoms with Crippen molar-refractivity contribution in [2.75, 3.05) is 7.11 Å². The predicted molar refractivity (Wildman–Crippen MR) is 182 cm³/mol. The number of amides is 1. The van der Waals surface area contributed by atoms with Crippen molar-refractivity contribution in [2.24, 2.45) is 0 Å². The van der Waals surface area contributed by atoms with Crippen LogP contribution in [0, 0.1) is 13.8 Å². The first-order chi connectivity index (χ1) is 24.1. The molecule has 1 fully saturated rings. The molecule has 52 heavy (non-hydrogen) atoms. The first-order valence-electron chi connectivity index (χ1n) is 15.5. The van der Waals surface area contributed by atoms with Crippen LogP contribution in [0.1, 0.15) is 67.9 Å². The summed E-state index contributed by atoms with van der Waals surface area (Å²) in [6.07, 6.45) is -17.8. The number of alkyl halides is 10. The van der Waals surface area contributed by atoms with E-state index in [1.165, 1.54) is 21.0 Å². The third-order valence-corrected chi connectivity index (χ3v) is 9.72. The van der Waals surface area contributed by atoms with Crippen LogP contribution in [0.25, 0.3) is 22.3 Å². The number of cyclic esters (lactones) is 1. The minimum absolute atomic E-state index is 0.0257. The van der Waals surface area contributed by atoms with Crippen molar-refractivity contribution < 1.29 is 58.6 Å². The standard InChI is InChI=1S/C37H29F9INO4/c1-18-9-22(33(49)51-4)7-8-29(18)21-5-6-23(16-47)30(14-21)31-19(2)10-26(35(38,39)40)13-25(31)17-48-20(3)32(52-34(48)50)24-11-27(36(41,42)43)15-28(12-24)37(44,45)46/h5-15,20,32H,16-17H2,1-4H3/t20-,32-/m0/s1. The Morgan fingerprint density at radius 2 is 1.37 bits per heavy atom. The highest BCUT2D eigenvalue weighted by Gasteiger charge is 2.44. The molecule has 276 valence electrons. The Morgan fingerprint density at radius 1 is 0.769 bits per heavy atom. The van der Waals surface area contributed by atoms with Crippen molar-refractivity contribution in [2.45, 2.75) is 62.4 Å². The van der Waals surface area contributed by atoms with Crippen LogP contribution in [-0.2, 0) is 39.0 Å². The fourth-order valence-corrected chi connectivity index (χ4v) is 7.01. The van der Waals surface area contributed by atoms with Gasteiger partial charge >= 0.3 is 30.6 Å². The van der Waals surface area contributed by atoms with E-state index in [0.717, 1.165) is 28.2 Å². The van der Waals surface area contributed by atoms with Gasteiger partial charge in [0.05, 0.1) is 42.0 Å². The summed E-state index contributed by atoms with van der Waals surface area (Å²) in [4.78, 5) is 26.3. The predicted octanol–water partition coefficient (Wildman–Crippen LogP) is 11.5. The SMILES string of the molecule is COC(=O)c1ccc(-c2ccc(CI)c(-c3c(C)cc(C(F)(F)F)cc3CN3C(=O)O[C@H](c4cc(C(F)(F)F)cc(C(F)(F)F)c4)[C@@H]3C)c2)c(C)c1. The van der Waals surface area contributed by atoms with Gasteiger partial charge in [-0.1, -0.05) is 40.8 Å². The van der Waals surface area contributed by atoms with Crippen molar-refractivity contribution in [1.29, 1.82) is 0 Å². The van der Waals surface area contributed by atoms with Gasteiger partial charge in [-0.25, -0.2) is 9.59 Å². The summed E-state index contributed by atoms with van der Waals surface area (Å²) in [5, 5.41) is 0. The molecular weight excluding hydrogens is 820 g/mol. The zero-order valence-electron chi connectivity index (χ0n) is 27.8. The maximum absolute atomic E-state index is 14.2. The maximum atomic E-state index is 14.2. The van der Waals surface area contributed by atoms with Crippen LogP contribution in [0.3, 0.4) is 0 Å². The van der Waals surface area contributed by atoms with Crippen LogP contribution in [0.5, 0.6) is 0 Å². The number of hydrogen-bond donors (Lipinski definition) is 0. The monoisotopic (exact) mass is 849 g/mol. The van der Waals surface area contributed by atoms with E-state index in [0.29, 0.717) is 44.4 Å². The van der Waals surface area contributed by atoms with Gasteiger partial charge < -0.3 is 9.47 Å². The van der Waals surface area contributed by atoms with Gasteiger partial charge in [0, 0.05) is 4.43 Å². The lowest BCUT2D eigenvalue weighted by atomic mass is 9.87. The number of rotatable bonds is 7. The molecular formula is C37H29F9INO4. The smallest absolute Gasteiger partial charge is 0.416 e. The highest BCUT2D eigenvalue weighted by molar-refractivity contribution is 14.1. The Balaban J connectivity index is 1.62. The Hall–Kier alpha value is -4.28. The molecule has 0 aromatic heterocycles. The summed E-state index contributed by atoms with van der Waals surface area (Å²) in [6.45, 7) is 4.08. The van der Waals surface area contributed by atoms with Crippen LogP contribution in [-0.4, -0.2) is 30.1 Å². The van der Waals surface area contributed by atoms with E-state index in [-0.39, 0.29) is 17.2 Å². The molecule has 0 radical (unpaired) electrons. The van der Waals surface area contributed by atoms with Crippen molar-refractivity contribution in [1.82, 2.24) is 4.90 Å². The lowest BCUT2D eigenvalue weighted by Gasteiger charge is -2.25. The second-order valence-electron chi connectivity index (χ2n) is 12.4. The summed E-state index contributed by atoms with van der Waals surface area (Å²) in [5.74, 6) is -0.536. The number of methoxy groups -OCH3 is 1. The molecule has 0 N–H and O–H groups in total. The molecule has 0 saturated carbocycles. The molecule has 0 aliphatic carbocycles. The fraction of sp³-hybridized carbons (Fsp3) is 0.297. The van der Waals surface area contributed by atoms with Crippen molar-refractivity contribution in [3.05, 3.63) is 117 Å². The van der Waals surface area contributed by atoms with E-state index in [2.05, 4.69) is 22.6 Å². The number of carbonyl (C=O) groups excluding carboxylic acids is 2. The Kier molecular flexibility index (Phi) is 10.7. The Bertz CT molecular complexity index is 2010. The van der Waals surface area contributed by atoms with Crippen LogP contribution >= 0.6 is 22.6 Å². The van der Waals surface area contributed by atoms with E-state index in [4.69, 9.17) is 9.47 Å². The highest BCUT2D eigenvalue weighted by Crippen LogP contribution is 2.44. The van der Waals surface area contributed by atoms with Gasteiger partial charge in [-0.2, -0.15) is 39.5 Å². The molecule has 1 heterocycles. The largest absolute Gasteiger partial charge is 0.465 e. The van der Waals surface area contributed by atoms with Crippen molar-refractivity contribution >= 4 is 34.7 Å².